The maximum absolute atomic E-state index is 5.05. The van der Waals surface area contributed by atoms with E-state index >= 15 is 0 Å². The highest BCUT2D eigenvalue weighted by Gasteiger charge is 2.18. The fourth-order valence-corrected chi connectivity index (χ4v) is 8.35. The zero-order valence-corrected chi connectivity index (χ0v) is 30.5. The summed E-state index contributed by atoms with van der Waals surface area (Å²) < 4.78 is 4.73. The van der Waals surface area contributed by atoms with Gasteiger partial charge in [0.25, 0.3) is 0 Å². The summed E-state index contributed by atoms with van der Waals surface area (Å²) in [5.74, 6) is 2.02. The highest BCUT2D eigenvalue weighted by atomic mass is 15.0. The number of allylic oxidation sites excluding steroid dienone is 4. The number of fused-ring (bicyclic) bond motifs is 6. The largest absolute Gasteiger partial charge is 0.309 e. The Kier molecular flexibility index (Phi) is 7.56. The molecule has 1 aliphatic rings. The smallest absolute Gasteiger partial charge is 0.164 e. The summed E-state index contributed by atoms with van der Waals surface area (Å²) in [6.07, 6.45) is 8.55. The molecule has 0 spiro atoms. The molecule has 0 saturated carbocycles. The summed E-state index contributed by atoms with van der Waals surface area (Å²) in [5.41, 5.74) is 12.2. The molecular formula is C51H35N5. The lowest BCUT2D eigenvalue weighted by Crippen LogP contribution is -2.03. The van der Waals surface area contributed by atoms with E-state index in [-0.39, 0.29) is 0 Å². The van der Waals surface area contributed by atoms with Gasteiger partial charge in [-0.2, -0.15) is 0 Å². The fraction of sp³-hybridized carbons (Fsp3) is 0.0392. The maximum atomic E-state index is 5.05. The molecule has 0 saturated heterocycles. The van der Waals surface area contributed by atoms with Crippen molar-refractivity contribution >= 4 is 49.2 Å². The van der Waals surface area contributed by atoms with E-state index in [0.29, 0.717) is 17.5 Å². The number of aromatic nitrogens is 5. The molecule has 56 heavy (non-hydrogen) atoms. The van der Waals surface area contributed by atoms with Crippen LogP contribution in [0.1, 0.15) is 18.7 Å². The Hall–Kier alpha value is -7.37. The summed E-state index contributed by atoms with van der Waals surface area (Å²) in [4.78, 5) is 15.0. The van der Waals surface area contributed by atoms with Gasteiger partial charge in [-0.05, 0) is 84.6 Å². The molecule has 264 valence electrons. The van der Waals surface area contributed by atoms with E-state index in [0.717, 1.165) is 51.9 Å². The quantitative estimate of drug-likeness (QED) is 0.172. The second-order valence-corrected chi connectivity index (χ2v) is 14.4. The van der Waals surface area contributed by atoms with Crippen LogP contribution in [0.2, 0.25) is 0 Å². The van der Waals surface area contributed by atoms with E-state index in [1.807, 2.05) is 18.2 Å². The molecule has 3 heterocycles. The highest BCUT2D eigenvalue weighted by molar-refractivity contribution is 6.12. The van der Waals surface area contributed by atoms with Crippen molar-refractivity contribution in [1.82, 2.24) is 24.1 Å². The van der Waals surface area contributed by atoms with Gasteiger partial charge in [0, 0.05) is 49.6 Å². The standard InChI is InChI=1S/C51H35N5/c1-4-15-34(16-5-1)49-52-50(35-17-6-2-7-18-35)54-51(53-49)38-19-14-22-40(31-38)56-46-26-13-11-24-42(46)44-33-37(28-30-48(44)56)36-27-29-47-43(32-36)41-23-10-12-25-45(41)55(47)39-20-8-3-9-21-39/h1,3-6,8-33H,2,7H2. The molecule has 0 atom stereocenters. The number of hydrogen-bond donors (Lipinski definition) is 0. The number of hydrogen-bond acceptors (Lipinski definition) is 3. The van der Waals surface area contributed by atoms with Crippen molar-refractivity contribution in [3.05, 3.63) is 194 Å². The van der Waals surface area contributed by atoms with Crippen molar-refractivity contribution in [2.45, 2.75) is 12.8 Å². The molecule has 7 aromatic carbocycles. The predicted molar refractivity (Wildman–Crippen MR) is 231 cm³/mol. The molecule has 0 unspecified atom stereocenters. The molecule has 0 aliphatic heterocycles. The summed E-state index contributed by atoms with van der Waals surface area (Å²) in [7, 11) is 0. The molecule has 0 bridgehead atoms. The molecular weight excluding hydrogens is 683 g/mol. The minimum Gasteiger partial charge on any atom is -0.309 e. The average Bonchev–Trinajstić information content (AvgIpc) is 3.79. The fourth-order valence-electron chi connectivity index (χ4n) is 8.35. The second-order valence-electron chi connectivity index (χ2n) is 14.4. The van der Waals surface area contributed by atoms with Crippen LogP contribution < -0.4 is 0 Å². The summed E-state index contributed by atoms with van der Waals surface area (Å²) in [5, 5.41) is 4.91. The summed E-state index contributed by atoms with van der Waals surface area (Å²) >= 11 is 0. The molecule has 5 heteroatoms. The van der Waals surface area contributed by atoms with Crippen LogP contribution in [-0.2, 0) is 0 Å². The molecule has 10 aromatic rings. The number of para-hydroxylation sites is 3. The Balaban J connectivity index is 1.04. The first-order valence-electron chi connectivity index (χ1n) is 19.2. The van der Waals surface area contributed by atoms with E-state index in [4.69, 9.17) is 15.0 Å². The molecule has 11 rings (SSSR count). The van der Waals surface area contributed by atoms with Crippen molar-refractivity contribution in [1.29, 1.82) is 0 Å². The molecule has 0 N–H and O–H groups in total. The molecule has 1 aliphatic carbocycles. The minimum absolute atomic E-state index is 0.655. The molecule has 0 fully saturated rings. The van der Waals surface area contributed by atoms with Crippen LogP contribution in [0.25, 0.3) is 94.5 Å². The Bertz CT molecular complexity index is 3190. The van der Waals surface area contributed by atoms with Crippen LogP contribution in [0.5, 0.6) is 0 Å². The van der Waals surface area contributed by atoms with E-state index in [1.165, 1.54) is 43.7 Å². The average molecular weight is 718 g/mol. The van der Waals surface area contributed by atoms with Gasteiger partial charge in [-0.25, -0.2) is 15.0 Å². The predicted octanol–water partition coefficient (Wildman–Crippen LogP) is 12.8. The van der Waals surface area contributed by atoms with Gasteiger partial charge in [-0.1, -0.05) is 127 Å². The lowest BCUT2D eigenvalue weighted by Gasteiger charge is -2.12. The summed E-state index contributed by atoms with van der Waals surface area (Å²) in [6.45, 7) is 0. The van der Waals surface area contributed by atoms with Crippen molar-refractivity contribution in [2.24, 2.45) is 0 Å². The van der Waals surface area contributed by atoms with Gasteiger partial charge < -0.3 is 9.13 Å². The number of rotatable bonds is 6. The number of nitrogens with zero attached hydrogens (tertiary/aromatic N) is 5. The first-order valence-corrected chi connectivity index (χ1v) is 19.2. The Morgan fingerprint density at radius 2 is 0.875 bits per heavy atom. The monoisotopic (exact) mass is 717 g/mol. The van der Waals surface area contributed by atoms with Crippen molar-refractivity contribution < 1.29 is 0 Å². The van der Waals surface area contributed by atoms with Crippen LogP contribution in [0.4, 0.5) is 0 Å². The minimum atomic E-state index is 0.655. The van der Waals surface area contributed by atoms with Gasteiger partial charge in [0.05, 0.1) is 22.1 Å². The zero-order chi connectivity index (χ0) is 37.0. The van der Waals surface area contributed by atoms with Crippen LogP contribution in [0, 0.1) is 0 Å². The maximum Gasteiger partial charge on any atom is 0.164 e. The summed E-state index contributed by atoms with van der Waals surface area (Å²) in [6, 6.07) is 60.5. The van der Waals surface area contributed by atoms with Gasteiger partial charge >= 0.3 is 0 Å². The molecule has 3 aromatic heterocycles. The normalized spacial score (nSPS) is 12.9. The van der Waals surface area contributed by atoms with Gasteiger partial charge in [0.2, 0.25) is 0 Å². The van der Waals surface area contributed by atoms with E-state index in [2.05, 4.69) is 179 Å². The van der Waals surface area contributed by atoms with Crippen LogP contribution >= 0.6 is 0 Å². The lowest BCUT2D eigenvalue weighted by atomic mass is 10.0. The highest BCUT2D eigenvalue weighted by Crippen LogP contribution is 2.39. The first-order chi connectivity index (χ1) is 27.8. The molecule has 0 amide bonds. The van der Waals surface area contributed by atoms with Gasteiger partial charge in [0.1, 0.15) is 0 Å². The Labute approximate surface area is 324 Å². The van der Waals surface area contributed by atoms with Crippen LogP contribution in [0.15, 0.2) is 188 Å². The molecule has 5 nitrogen and oxygen atoms in total. The third-order valence-corrected chi connectivity index (χ3v) is 11.0. The van der Waals surface area contributed by atoms with E-state index in [1.54, 1.807) is 0 Å². The van der Waals surface area contributed by atoms with Crippen LogP contribution in [-0.4, -0.2) is 24.1 Å². The Morgan fingerprint density at radius 1 is 0.357 bits per heavy atom. The van der Waals surface area contributed by atoms with Crippen molar-refractivity contribution in [3.8, 4) is 45.3 Å². The number of benzene rings is 7. The third-order valence-electron chi connectivity index (χ3n) is 11.0. The second kappa shape index (κ2) is 13.2. The van der Waals surface area contributed by atoms with E-state index < -0.39 is 0 Å². The van der Waals surface area contributed by atoms with Gasteiger partial charge in [-0.15, -0.1) is 0 Å². The van der Waals surface area contributed by atoms with Gasteiger partial charge in [-0.3, -0.25) is 0 Å². The Morgan fingerprint density at radius 3 is 1.52 bits per heavy atom. The van der Waals surface area contributed by atoms with E-state index in [9.17, 15) is 0 Å². The van der Waals surface area contributed by atoms with Gasteiger partial charge in [0.15, 0.2) is 17.5 Å². The first kappa shape index (κ1) is 32.1. The SMILES string of the molecule is C1=CC(c2nc(-c3ccccc3)nc(-c3cccc(-n4c5ccccc5c5cc(-c6ccc7c(c6)c6ccccc6n7-c6ccccc6)ccc54)c3)n2)=CCC1. The topological polar surface area (TPSA) is 48.5 Å². The van der Waals surface area contributed by atoms with Crippen LogP contribution in [0.3, 0.4) is 0 Å². The van der Waals surface area contributed by atoms with Crippen molar-refractivity contribution in [3.63, 3.8) is 0 Å². The lowest BCUT2D eigenvalue weighted by molar-refractivity contribution is 1.01. The zero-order valence-electron chi connectivity index (χ0n) is 30.5. The molecule has 0 radical (unpaired) electrons. The third kappa shape index (κ3) is 5.36. The van der Waals surface area contributed by atoms with Crippen molar-refractivity contribution in [2.75, 3.05) is 0 Å².